The minimum absolute atomic E-state index is 0.0794. The molecule has 0 heterocycles. The summed E-state index contributed by atoms with van der Waals surface area (Å²) in [5.41, 5.74) is 6.23. The molecule has 1 rings (SSSR count). The number of hydrogen-bond acceptors (Lipinski definition) is 7. The summed E-state index contributed by atoms with van der Waals surface area (Å²) < 4.78 is 5.61. The van der Waals surface area contributed by atoms with Crippen LogP contribution in [0.4, 0.5) is 5.69 Å². The molecule has 0 aliphatic rings. The van der Waals surface area contributed by atoms with E-state index in [-0.39, 0.29) is 24.3 Å². The standard InChI is InChI=1S/C18H26N2O6S/c1-3-4-5-6-15(21)16(10-8-13(19)18(22)23)26-27-17-11-12(2)7-9-14(17)20(24)25/h7,9,11,13,16H,3-6,8,10,19H2,1-2H3,(H,22,23)/t13-,16?/m0/s1. The summed E-state index contributed by atoms with van der Waals surface area (Å²) in [5.74, 6) is -1.29. The van der Waals surface area contributed by atoms with Gasteiger partial charge in [-0.1, -0.05) is 25.8 Å². The largest absolute Gasteiger partial charge is 0.480 e. The maximum Gasteiger partial charge on any atom is 0.320 e. The molecule has 0 saturated heterocycles. The van der Waals surface area contributed by atoms with Crippen LogP contribution in [-0.2, 0) is 13.8 Å². The number of carboxylic acid groups (broad SMARTS) is 1. The van der Waals surface area contributed by atoms with Crippen LogP contribution >= 0.6 is 12.0 Å². The van der Waals surface area contributed by atoms with E-state index < -0.39 is 23.0 Å². The number of rotatable bonds is 13. The number of carbonyl (C=O) groups is 2. The Hall–Kier alpha value is -1.97. The number of Topliss-reactive ketones (excluding diaryl/α,β-unsaturated/α-hetero) is 1. The molecule has 0 aliphatic heterocycles. The first kappa shape index (κ1) is 23.1. The van der Waals surface area contributed by atoms with Gasteiger partial charge in [0.05, 0.1) is 4.92 Å². The number of nitrogens with zero attached hydrogens (tertiary/aromatic N) is 1. The van der Waals surface area contributed by atoms with Gasteiger partial charge in [-0.05, 0) is 37.8 Å². The van der Waals surface area contributed by atoms with Gasteiger partial charge in [-0.3, -0.25) is 23.9 Å². The Balaban J connectivity index is 2.83. The zero-order chi connectivity index (χ0) is 20.4. The van der Waals surface area contributed by atoms with E-state index in [4.69, 9.17) is 15.0 Å². The van der Waals surface area contributed by atoms with E-state index >= 15 is 0 Å². The summed E-state index contributed by atoms with van der Waals surface area (Å²) in [6.07, 6.45) is 2.27. The highest BCUT2D eigenvalue weighted by Crippen LogP contribution is 2.32. The highest BCUT2D eigenvalue weighted by molar-refractivity contribution is 7.94. The molecule has 27 heavy (non-hydrogen) atoms. The van der Waals surface area contributed by atoms with Crippen molar-refractivity contribution in [3.63, 3.8) is 0 Å². The van der Waals surface area contributed by atoms with Gasteiger partial charge in [-0.25, -0.2) is 0 Å². The van der Waals surface area contributed by atoms with Crippen LogP contribution < -0.4 is 5.73 Å². The number of nitro benzene ring substituents is 1. The minimum atomic E-state index is -1.14. The molecule has 0 aliphatic carbocycles. The molecule has 0 radical (unpaired) electrons. The SMILES string of the molecule is CCCCCC(=O)C(CC[C@H](N)C(=O)O)OSc1cc(C)ccc1[N+](=O)[O-]. The molecule has 9 heteroatoms. The summed E-state index contributed by atoms with van der Waals surface area (Å²) >= 11 is 0.775. The van der Waals surface area contributed by atoms with E-state index in [0.717, 1.165) is 36.9 Å². The highest BCUT2D eigenvalue weighted by atomic mass is 32.2. The predicted octanol–water partition coefficient (Wildman–Crippen LogP) is 3.64. The molecule has 1 aromatic carbocycles. The molecule has 1 unspecified atom stereocenters. The van der Waals surface area contributed by atoms with Crippen molar-refractivity contribution >= 4 is 29.5 Å². The number of unbranched alkanes of at least 4 members (excludes halogenated alkanes) is 2. The Morgan fingerprint density at radius 3 is 2.63 bits per heavy atom. The van der Waals surface area contributed by atoms with Gasteiger partial charge < -0.3 is 10.8 Å². The summed E-state index contributed by atoms with van der Waals surface area (Å²) in [4.78, 5) is 34.3. The van der Waals surface area contributed by atoms with Gasteiger partial charge in [-0.2, -0.15) is 0 Å². The van der Waals surface area contributed by atoms with Crippen LogP contribution in [0.3, 0.4) is 0 Å². The van der Waals surface area contributed by atoms with Crippen LogP contribution in [0.5, 0.6) is 0 Å². The van der Waals surface area contributed by atoms with Crippen molar-refractivity contribution in [3.05, 3.63) is 33.9 Å². The lowest BCUT2D eigenvalue weighted by atomic mass is 10.0. The molecule has 0 bridgehead atoms. The average molecular weight is 398 g/mol. The number of carbonyl (C=O) groups excluding carboxylic acids is 1. The number of nitro groups is 1. The Morgan fingerprint density at radius 1 is 1.33 bits per heavy atom. The number of aryl methyl sites for hydroxylation is 1. The van der Waals surface area contributed by atoms with Crippen LogP contribution in [0.25, 0.3) is 0 Å². The third kappa shape index (κ3) is 8.06. The molecular weight excluding hydrogens is 372 g/mol. The van der Waals surface area contributed by atoms with E-state index in [1.165, 1.54) is 6.07 Å². The molecule has 0 fully saturated rings. The smallest absolute Gasteiger partial charge is 0.320 e. The lowest BCUT2D eigenvalue weighted by Crippen LogP contribution is -2.32. The van der Waals surface area contributed by atoms with Crippen molar-refractivity contribution in [2.24, 2.45) is 5.73 Å². The number of carboxylic acids is 1. The number of nitrogens with two attached hydrogens (primary N) is 1. The van der Waals surface area contributed by atoms with E-state index in [9.17, 15) is 19.7 Å². The number of aliphatic carboxylic acids is 1. The van der Waals surface area contributed by atoms with Crippen molar-refractivity contribution in [1.82, 2.24) is 0 Å². The lowest BCUT2D eigenvalue weighted by Gasteiger charge is -2.17. The fourth-order valence-corrected chi connectivity index (χ4v) is 3.26. The van der Waals surface area contributed by atoms with E-state index in [0.29, 0.717) is 11.3 Å². The van der Waals surface area contributed by atoms with Gasteiger partial charge in [0.2, 0.25) is 0 Å². The molecule has 1 aromatic rings. The van der Waals surface area contributed by atoms with E-state index in [2.05, 4.69) is 0 Å². The summed E-state index contributed by atoms with van der Waals surface area (Å²) in [7, 11) is 0. The molecule has 8 nitrogen and oxygen atoms in total. The fourth-order valence-electron chi connectivity index (χ4n) is 2.38. The second kappa shape index (κ2) is 11.7. The molecule has 0 spiro atoms. The molecule has 3 N–H and O–H groups in total. The number of benzene rings is 1. The zero-order valence-corrected chi connectivity index (χ0v) is 16.4. The second-order valence-corrected chi connectivity index (χ2v) is 7.14. The maximum atomic E-state index is 12.4. The summed E-state index contributed by atoms with van der Waals surface area (Å²) in [6, 6.07) is 3.54. The van der Waals surface area contributed by atoms with Crippen LogP contribution in [-0.4, -0.2) is 33.9 Å². The quantitative estimate of drug-likeness (QED) is 0.223. The van der Waals surface area contributed by atoms with Gasteiger partial charge >= 0.3 is 5.97 Å². The van der Waals surface area contributed by atoms with E-state index in [1.807, 2.05) is 6.92 Å². The van der Waals surface area contributed by atoms with Crippen molar-refractivity contribution in [3.8, 4) is 0 Å². The molecule has 2 atom stereocenters. The highest BCUT2D eigenvalue weighted by Gasteiger charge is 2.24. The van der Waals surface area contributed by atoms with Crippen LogP contribution in [0.2, 0.25) is 0 Å². The van der Waals surface area contributed by atoms with Gasteiger partial charge in [0, 0.05) is 24.5 Å². The monoisotopic (exact) mass is 398 g/mol. The summed E-state index contributed by atoms with van der Waals surface area (Å²) in [6.45, 7) is 3.82. The summed E-state index contributed by atoms with van der Waals surface area (Å²) in [5, 5.41) is 20.1. The van der Waals surface area contributed by atoms with Gasteiger partial charge in [0.15, 0.2) is 5.78 Å². The van der Waals surface area contributed by atoms with E-state index in [1.54, 1.807) is 19.1 Å². The molecule has 150 valence electrons. The third-order valence-electron chi connectivity index (χ3n) is 4.01. The lowest BCUT2D eigenvalue weighted by molar-refractivity contribution is -0.387. The average Bonchev–Trinajstić information content (AvgIpc) is 2.61. The van der Waals surface area contributed by atoms with Crippen molar-refractivity contribution < 1.29 is 23.8 Å². The zero-order valence-electron chi connectivity index (χ0n) is 15.6. The number of ketones is 1. The Morgan fingerprint density at radius 2 is 2.04 bits per heavy atom. The van der Waals surface area contributed by atoms with Gasteiger partial charge in [0.1, 0.15) is 17.0 Å². The molecule has 0 aromatic heterocycles. The normalized spacial score (nSPS) is 13.1. The topological polar surface area (TPSA) is 133 Å². The minimum Gasteiger partial charge on any atom is -0.480 e. The van der Waals surface area contributed by atoms with Crippen LogP contribution in [0.1, 0.15) is 51.0 Å². The first-order chi connectivity index (χ1) is 12.8. The maximum absolute atomic E-state index is 12.4. The fraction of sp³-hybridized carbons (Fsp3) is 0.556. The van der Waals surface area contributed by atoms with Gasteiger partial charge in [-0.15, -0.1) is 0 Å². The molecule has 0 amide bonds. The second-order valence-electron chi connectivity index (χ2n) is 6.34. The number of hydrogen-bond donors (Lipinski definition) is 2. The van der Waals surface area contributed by atoms with Crippen molar-refractivity contribution in [2.45, 2.75) is 69.4 Å². The van der Waals surface area contributed by atoms with Gasteiger partial charge in [0.25, 0.3) is 5.69 Å². The Bertz CT molecular complexity index is 667. The Kier molecular flexibility index (Phi) is 9.98. The predicted molar refractivity (Wildman–Crippen MR) is 103 cm³/mol. The Labute approximate surface area is 162 Å². The van der Waals surface area contributed by atoms with Crippen LogP contribution in [0, 0.1) is 17.0 Å². The first-order valence-electron chi connectivity index (χ1n) is 8.85. The third-order valence-corrected chi connectivity index (χ3v) is 4.84. The first-order valence-corrected chi connectivity index (χ1v) is 9.59. The van der Waals surface area contributed by atoms with Crippen LogP contribution in [0.15, 0.2) is 23.1 Å². The van der Waals surface area contributed by atoms with Crippen molar-refractivity contribution in [2.75, 3.05) is 0 Å². The van der Waals surface area contributed by atoms with Crippen molar-refractivity contribution in [1.29, 1.82) is 0 Å². The molecule has 0 saturated carbocycles. The molecular formula is C18H26N2O6S.